The molecule has 98 valence electrons. The van der Waals surface area contributed by atoms with Crippen molar-refractivity contribution >= 4 is 11.6 Å². The van der Waals surface area contributed by atoms with E-state index in [-0.39, 0.29) is 12.2 Å². The predicted molar refractivity (Wildman–Crippen MR) is 68.0 cm³/mol. The van der Waals surface area contributed by atoms with Gasteiger partial charge in [0.05, 0.1) is 19.3 Å². The molecule has 0 aliphatic carbocycles. The number of nitrogens with two attached hydrogens (primary N) is 1. The molecule has 2 rings (SSSR count). The first-order valence-corrected chi connectivity index (χ1v) is 6.10. The molecule has 1 aliphatic heterocycles. The van der Waals surface area contributed by atoms with Crippen LogP contribution in [0.4, 0.5) is 5.69 Å². The molecule has 5 heteroatoms. The van der Waals surface area contributed by atoms with Crippen LogP contribution in [0, 0.1) is 0 Å². The van der Waals surface area contributed by atoms with Crippen molar-refractivity contribution in [1.29, 1.82) is 0 Å². The Morgan fingerprint density at radius 2 is 2.00 bits per heavy atom. The zero-order valence-electron chi connectivity index (χ0n) is 10.4. The van der Waals surface area contributed by atoms with E-state index in [0.29, 0.717) is 19.6 Å². The molecule has 5 nitrogen and oxygen atoms in total. The predicted octanol–water partition coefficient (Wildman–Crippen LogP) is 1.41. The maximum Gasteiger partial charge on any atom is 0.241 e. The molecule has 0 aromatic heterocycles. The standard InChI is InChI=1S/C13H18N2O3/c1-2-11(14)12(16)15-10-5-3-9(4-6-10)13-17-7-8-18-13/h3-6,11,13H,2,7-8,14H2,1H3,(H,15,16)/t11-/m1/s1. The Morgan fingerprint density at radius 3 is 2.56 bits per heavy atom. The van der Waals surface area contributed by atoms with Crippen molar-refractivity contribution in [2.24, 2.45) is 5.73 Å². The van der Waals surface area contributed by atoms with Crippen molar-refractivity contribution in [3.05, 3.63) is 29.8 Å². The van der Waals surface area contributed by atoms with Gasteiger partial charge in [0.2, 0.25) is 5.91 Å². The van der Waals surface area contributed by atoms with E-state index in [1.165, 1.54) is 0 Å². The molecule has 1 fully saturated rings. The first kappa shape index (κ1) is 13.0. The summed E-state index contributed by atoms with van der Waals surface area (Å²) < 4.78 is 10.8. The maximum absolute atomic E-state index is 11.6. The topological polar surface area (TPSA) is 73.6 Å². The average Bonchev–Trinajstić information content (AvgIpc) is 2.92. The molecule has 1 aromatic rings. The second-order valence-electron chi connectivity index (χ2n) is 4.20. The van der Waals surface area contributed by atoms with Crippen LogP contribution in [0.25, 0.3) is 0 Å². The van der Waals surface area contributed by atoms with Gasteiger partial charge in [-0.3, -0.25) is 4.79 Å². The minimum atomic E-state index is -0.467. The lowest BCUT2D eigenvalue weighted by Crippen LogP contribution is -2.34. The lowest BCUT2D eigenvalue weighted by atomic mass is 10.2. The van der Waals surface area contributed by atoms with Gasteiger partial charge in [0.25, 0.3) is 0 Å². The number of nitrogens with one attached hydrogen (secondary N) is 1. The smallest absolute Gasteiger partial charge is 0.241 e. The largest absolute Gasteiger partial charge is 0.346 e. The molecule has 0 bridgehead atoms. The molecule has 1 amide bonds. The molecular formula is C13H18N2O3. The zero-order chi connectivity index (χ0) is 13.0. The van der Waals surface area contributed by atoms with Crippen LogP contribution in [-0.4, -0.2) is 25.2 Å². The molecule has 1 heterocycles. The van der Waals surface area contributed by atoms with Crippen LogP contribution in [0.2, 0.25) is 0 Å². The van der Waals surface area contributed by atoms with E-state index in [0.717, 1.165) is 11.3 Å². The van der Waals surface area contributed by atoms with Gasteiger partial charge in [-0.2, -0.15) is 0 Å². The van der Waals surface area contributed by atoms with E-state index in [2.05, 4.69) is 5.32 Å². The highest BCUT2D eigenvalue weighted by molar-refractivity contribution is 5.94. The van der Waals surface area contributed by atoms with Crippen molar-refractivity contribution in [2.75, 3.05) is 18.5 Å². The Hall–Kier alpha value is -1.43. The molecule has 3 N–H and O–H groups in total. The number of hydrogen-bond acceptors (Lipinski definition) is 4. The summed E-state index contributed by atoms with van der Waals surface area (Å²) in [5.41, 5.74) is 7.32. The second kappa shape index (κ2) is 5.95. The molecule has 0 saturated carbocycles. The van der Waals surface area contributed by atoms with Gasteiger partial charge in [-0.05, 0) is 18.6 Å². The SMILES string of the molecule is CC[C@@H](N)C(=O)Nc1ccc(C2OCCO2)cc1. The first-order chi connectivity index (χ1) is 8.70. The van der Waals surface area contributed by atoms with Gasteiger partial charge in [-0.1, -0.05) is 19.1 Å². The highest BCUT2D eigenvalue weighted by Crippen LogP contribution is 2.24. The Morgan fingerprint density at radius 1 is 1.39 bits per heavy atom. The highest BCUT2D eigenvalue weighted by Gasteiger charge is 2.18. The van der Waals surface area contributed by atoms with Crippen molar-refractivity contribution in [2.45, 2.75) is 25.7 Å². The van der Waals surface area contributed by atoms with Crippen LogP contribution >= 0.6 is 0 Å². The number of hydrogen-bond donors (Lipinski definition) is 2. The summed E-state index contributed by atoms with van der Waals surface area (Å²) in [5.74, 6) is -0.168. The van der Waals surface area contributed by atoms with E-state index >= 15 is 0 Å². The fourth-order valence-electron chi connectivity index (χ4n) is 1.69. The monoisotopic (exact) mass is 250 g/mol. The van der Waals surface area contributed by atoms with E-state index in [1.54, 1.807) is 0 Å². The number of carbonyl (C=O) groups excluding carboxylic acids is 1. The number of anilines is 1. The third-order valence-corrected chi connectivity index (χ3v) is 2.85. The summed E-state index contributed by atoms with van der Waals surface area (Å²) in [6.45, 7) is 3.12. The minimum absolute atomic E-state index is 0.168. The molecule has 0 spiro atoms. The van der Waals surface area contributed by atoms with Crippen molar-refractivity contribution in [3.63, 3.8) is 0 Å². The Labute approximate surface area is 106 Å². The molecular weight excluding hydrogens is 232 g/mol. The summed E-state index contributed by atoms with van der Waals surface area (Å²) in [4.78, 5) is 11.6. The van der Waals surface area contributed by atoms with Gasteiger partial charge in [-0.15, -0.1) is 0 Å². The molecule has 18 heavy (non-hydrogen) atoms. The molecule has 1 saturated heterocycles. The molecule has 0 radical (unpaired) electrons. The quantitative estimate of drug-likeness (QED) is 0.847. The van der Waals surface area contributed by atoms with Gasteiger partial charge < -0.3 is 20.5 Å². The summed E-state index contributed by atoms with van der Waals surface area (Å²) in [6.07, 6.45) is 0.334. The molecule has 1 aromatic carbocycles. The van der Waals surface area contributed by atoms with E-state index in [1.807, 2.05) is 31.2 Å². The number of ether oxygens (including phenoxy) is 2. The third-order valence-electron chi connectivity index (χ3n) is 2.85. The second-order valence-corrected chi connectivity index (χ2v) is 4.20. The summed E-state index contributed by atoms with van der Waals surface area (Å²) in [6, 6.07) is 6.93. The van der Waals surface area contributed by atoms with E-state index in [4.69, 9.17) is 15.2 Å². The fraction of sp³-hybridized carbons (Fsp3) is 0.462. The van der Waals surface area contributed by atoms with Gasteiger partial charge in [0.1, 0.15) is 0 Å². The minimum Gasteiger partial charge on any atom is -0.346 e. The van der Waals surface area contributed by atoms with Gasteiger partial charge in [0, 0.05) is 11.3 Å². The third kappa shape index (κ3) is 3.07. The first-order valence-electron chi connectivity index (χ1n) is 6.10. The lowest BCUT2D eigenvalue weighted by molar-refractivity contribution is -0.117. The van der Waals surface area contributed by atoms with Crippen LogP contribution in [0.15, 0.2) is 24.3 Å². The van der Waals surface area contributed by atoms with Gasteiger partial charge >= 0.3 is 0 Å². The van der Waals surface area contributed by atoms with Crippen LogP contribution < -0.4 is 11.1 Å². The maximum atomic E-state index is 11.6. The van der Waals surface area contributed by atoms with Crippen LogP contribution in [-0.2, 0) is 14.3 Å². The van der Waals surface area contributed by atoms with Crippen LogP contribution in [0.1, 0.15) is 25.2 Å². The van der Waals surface area contributed by atoms with Crippen LogP contribution in [0.3, 0.4) is 0 Å². The number of amides is 1. The van der Waals surface area contributed by atoms with Crippen molar-refractivity contribution < 1.29 is 14.3 Å². The summed E-state index contributed by atoms with van der Waals surface area (Å²) in [7, 11) is 0. The summed E-state index contributed by atoms with van der Waals surface area (Å²) in [5, 5.41) is 2.76. The fourth-order valence-corrected chi connectivity index (χ4v) is 1.69. The molecule has 0 unspecified atom stereocenters. The number of rotatable bonds is 4. The Bertz CT molecular complexity index is 399. The highest BCUT2D eigenvalue weighted by atomic mass is 16.7. The average molecular weight is 250 g/mol. The lowest BCUT2D eigenvalue weighted by Gasteiger charge is -2.12. The zero-order valence-corrected chi connectivity index (χ0v) is 10.4. The van der Waals surface area contributed by atoms with E-state index < -0.39 is 6.04 Å². The van der Waals surface area contributed by atoms with Gasteiger partial charge in [-0.25, -0.2) is 0 Å². The number of benzene rings is 1. The van der Waals surface area contributed by atoms with Gasteiger partial charge in [0.15, 0.2) is 6.29 Å². The summed E-state index contributed by atoms with van der Waals surface area (Å²) >= 11 is 0. The van der Waals surface area contributed by atoms with E-state index in [9.17, 15) is 4.79 Å². The van der Waals surface area contributed by atoms with Crippen LogP contribution in [0.5, 0.6) is 0 Å². The Kier molecular flexibility index (Phi) is 4.30. The number of carbonyl (C=O) groups is 1. The Balaban J connectivity index is 1.97. The molecule has 1 atom stereocenters. The molecule has 1 aliphatic rings. The normalized spacial score (nSPS) is 17.7. The van der Waals surface area contributed by atoms with Crippen molar-refractivity contribution in [3.8, 4) is 0 Å². The van der Waals surface area contributed by atoms with Crippen molar-refractivity contribution in [1.82, 2.24) is 0 Å².